The monoisotopic (exact) mass is 259 g/mol. The molecular weight excluding hydrogens is 248 g/mol. The van der Waals surface area contributed by atoms with Crippen LogP contribution in [-0.4, -0.2) is 9.97 Å². The van der Waals surface area contributed by atoms with E-state index in [4.69, 9.17) is 0 Å². The van der Waals surface area contributed by atoms with Gasteiger partial charge in [0.1, 0.15) is 5.82 Å². The zero-order chi connectivity index (χ0) is 13.2. The van der Waals surface area contributed by atoms with E-state index in [1.807, 2.05) is 30.3 Å². The average Bonchev–Trinajstić information content (AvgIpc) is 2.80. The Morgan fingerprint density at radius 3 is 2.58 bits per heavy atom. The number of hydrogen-bond donors (Lipinski definition) is 2. The molecule has 0 saturated heterocycles. The molecule has 0 spiro atoms. The van der Waals surface area contributed by atoms with Crippen LogP contribution in [0.4, 0.5) is 14.5 Å². The number of aromatic amines is 1. The first kappa shape index (κ1) is 11.6. The van der Waals surface area contributed by atoms with Gasteiger partial charge in [-0.2, -0.15) is 0 Å². The average molecular weight is 259 g/mol. The summed E-state index contributed by atoms with van der Waals surface area (Å²) < 4.78 is 26.1. The molecule has 96 valence electrons. The molecule has 0 fully saturated rings. The van der Waals surface area contributed by atoms with Crippen LogP contribution in [0.1, 0.15) is 5.82 Å². The molecule has 0 unspecified atom stereocenters. The zero-order valence-corrected chi connectivity index (χ0v) is 9.95. The van der Waals surface area contributed by atoms with E-state index >= 15 is 0 Å². The van der Waals surface area contributed by atoms with Crippen LogP contribution in [0, 0.1) is 11.6 Å². The number of nitrogens with zero attached hydrogens (tertiary/aromatic N) is 1. The van der Waals surface area contributed by atoms with Gasteiger partial charge >= 0.3 is 0 Å². The summed E-state index contributed by atoms with van der Waals surface area (Å²) in [5.41, 5.74) is 1.87. The van der Waals surface area contributed by atoms with Gasteiger partial charge in [0, 0.05) is 17.8 Å². The molecule has 3 rings (SSSR count). The molecule has 1 aromatic heterocycles. The van der Waals surface area contributed by atoms with Gasteiger partial charge in [0.15, 0.2) is 11.6 Å². The van der Waals surface area contributed by atoms with Gasteiger partial charge in [-0.25, -0.2) is 13.8 Å². The molecular formula is C14H11F2N3. The Balaban J connectivity index is 1.82. The lowest BCUT2D eigenvalue weighted by Crippen LogP contribution is -2.00. The van der Waals surface area contributed by atoms with Crippen molar-refractivity contribution in [1.29, 1.82) is 0 Å². The number of fused-ring (bicyclic) bond motifs is 1. The molecule has 2 N–H and O–H groups in total. The van der Waals surface area contributed by atoms with Crippen LogP contribution in [0.25, 0.3) is 11.0 Å². The lowest BCUT2D eigenvalue weighted by atomic mass is 10.3. The van der Waals surface area contributed by atoms with Crippen LogP contribution < -0.4 is 5.32 Å². The Hall–Kier alpha value is -2.43. The predicted octanol–water partition coefficient (Wildman–Crippen LogP) is 3.45. The van der Waals surface area contributed by atoms with Gasteiger partial charge in [0.05, 0.1) is 17.6 Å². The molecule has 5 heteroatoms. The number of hydrogen-bond acceptors (Lipinski definition) is 2. The highest BCUT2D eigenvalue weighted by atomic mass is 19.2. The lowest BCUT2D eigenvalue weighted by molar-refractivity contribution is 0.510. The first-order valence-corrected chi connectivity index (χ1v) is 5.85. The largest absolute Gasteiger partial charge is 0.378 e. The van der Waals surface area contributed by atoms with E-state index < -0.39 is 11.6 Å². The summed E-state index contributed by atoms with van der Waals surface area (Å²) in [4.78, 5) is 7.16. The van der Waals surface area contributed by atoms with Gasteiger partial charge in [-0.05, 0) is 12.1 Å². The van der Waals surface area contributed by atoms with Crippen molar-refractivity contribution >= 4 is 16.7 Å². The SMILES string of the molecule is Fc1cc2nc(CNc3ccccc3)[nH]c2cc1F. The van der Waals surface area contributed by atoms with Crippen LogP contribution >= 0.6 is 0 Å². The van der Waals surface area contributed by atoms with Gasteiger partial charge < -0.3 is 10.3 Å². The molecule has 0 atom stereocenters. The van der Waals surface area contributed by atoms with Crippen molar-refractivity contribution in [2.24, 2.45) is 0 Å². The predicted molar refractivity (Wildman–Crippen MR) is 69.8 cm³/mol. The normalized spacial score (nSPS) is 10.8. The number of halogens is 2. The van der Waals surface area contributed by atoms with Gasteiger partial charge in [0.2, 0.25) is 0 Å². The topological polar surface area (TPSA) is 40.7 Å². The quantitative estimate of drug-likeness (QED) is 0.756. The van der Waals surface area contributed by atoms with Crippen molar-refractivity contribution in [3.63, 3.8) is 0 Å². The molecule has 0 aliphatic heterocycles. The van der Waals surface area contributed by atoms with E-state index in [0.717, 1.165) is 17.8 Å². The maximum atomic E-state index is 13.1. The maximum Gasteiger partial charge on any atom is 0.161 e. The fourth-order valence-electron chi connectivity index (χ4n) is 1.88. The van der Waals surface area contributed by atoms with Gasteiger partial charge in [-0.15, -0.1) is 0 Å². The van der Waals surface area contributed by atoms with Crippen LogP contribution in [0.3, 0.4) is 0 Å². The fourth-order valence-corrected chi connectivity index (χ4v) is 1.88. The first-order valence-electron chi connectivity index (χ1n) is 5.85. The van der Waals surface area contributed by atoms with E-state index in [0.29, 0.717) is 23.4 Å². The number of H-pyrrole nitrogens is 1. The smallest absolute Gasteiger partial charge is 0.161 e. The molecule has 19 heavy (non-hydrogen) atoms. The van der Waals surface area contributed by atoms with E-state index in [2.05, 4.69) is 15.3 Å². The second-order valence-corrected chi connectivity index (χ2v) is 4.19. The van der Waals surface area contributed by atoms with Crippen molar-refractivity contribution in [2.45, 2.75) is 6.54 Å². The Labute approximate surface area is 108 Å². The van der Waals surface area contributed by atoms with Crippen molar-refractivity contribution in [2.75, 3.05) is 5.32 Å². The molecule has 3 nitrogen and oxygen atoms in total. The minimum Gasteiger partial charge on any atom is -0.378 e. The van der Waals surface area contributed by atoms with Crippen LogP contribution in [-0.2, 0) is 6.54 Å². The Morgan fingerprint density at radius 1 is 1.05 bits per heavy atom. The summed E-state index contributed by atoms with van der Waals surface area (Å²) in [5, 5.41) is 3.17. The summed E-state index contributed by atoms with van der Waals surface area (Å²) in [6.45, 7) is 0.460. The van der Waals surface area contributed by atoms with E-state index in [9.17, 15) is 8.78 Å². The highest BCUT2D eigenvalue weighted by Crippen LogP contribution is 2.17. The molecule has 0 saturated carbocycles. The third-order valence-corrected chi connectivity index (χ3v) is 2.81. The van der Waals surface area contributed by atoms with E-state index in [-0.39, 0.29) is 0 Å². The molecule has 2 aromatic carbocycles. The maximum absolute atomic E-state index is 13.1. The minimum atomic E-state index is -0.887. The third-order valence-electron chi connectivity index (χ3n) is 2.81. The summed E-state index contributed by atoms with van der Waals surface area (Å²) in [7, 11) is 0. The number of imidazole rings is 1. The number of anilines is 1. The summed E-state index contributed by atoms with van der Waals surface area (Å²) in [5.74, 6) is -1.14. The molecule has 1 heterocycles. The van der Waals surface area contributed by atoms with Gasteiger partial charge in [-0.1, -0.05) is 18.2 Å². The Morgan fingerprint density at radius 2 is 1.79 bits per heavy atom. The molecule has 0 aliphatic rings. The fraction of sp³-hybridized carbons (Fsp3) is 0.0714. The van der Waals surface area contributed by atoms with Gasteiger partial charge in [-0.3, -0.25) is 0 Å². The standard InChI is InChI=1S/C14H11F2N3/c15-10-6-12-13(7-11(10)16)19-14(18-12)8-17-9-4-2-1-3-5-9/h1-7,17H,8H2,(H,18,19). The molecule has 0 amide bonds. The van der Waals surface area contributed by atoms with Crippen LogP contribution in [0.15, 0.2) is 42.5 Å². The third kappa shape index (κ3) is 2.40. The van der Waals surface area contributed by atoms with E-state index in [1.165, 1.54) is 0 Å². The first-order chi connectivity index (χ1) is 9.22. The number of benzene rings is 2. The second-order valence-electron chi connectivity index (χ2n) is 4.19. The zero-order valence-electron chi connectivity index (χ0n) is 9.95. The van der Waals surface area contributed by atoms with E-state index in [1.54, 1.807) is 0 Å². The lowest BCUT2D eigenvalue weighted by Gasteiger charge is -2.02. The highest BCUT2D eigenvalue weighted by Gasteiger charge is 2.08. The van der Waals surface area contributed by atoms with Crippen molar-refractivity contribution in [3.05, 3.63) is 59.9 Å². The number of para-hydroxylation sites is 1. The van der Waals surface area contributed by atoms with Crippen LogP contribution in [0.2, 0.25) is 0 Å². The summed E-state index contributed by atoms with van der Waals surface area (Å²) >= 11 is 0. The molecule has 3 aromatic rings. The summed E-state index contributed by atoms with van der Waals surface area (Å²) in [6.07, 6.45) is 0. The number of nitrogens with one attached hydrogen (secondary N) is 2. The minimum absolute atomic E-state index is 0.420. The molecule has 0 aliphatic carbocycles. The van der Waals surface area contributed by atoms with Crippen molar-refractivity contribution < 1.29 is 8.78 Å². The van der Waals surface area contributed by atoms with Crippen molar-refractivity contribution in [1.82, 2.24) is 9.97 Å². The number of rotatable bonds is 3. The second kappa shape index (κ2) is 4.68. The highest BCUT2D eigenvalue weighted by molar-refractivity contribution is 5.75. The van der Waals surface area contributed by atoms with Crippen LogP contribution in [0.5, 0.6) is 0 Å². The summed E-state index contributed by atoms with van der Waals surface area (Å²) in [6, 6.07) is 11.8. The number of aromatic nitrogens is 2. The Kier molecular flexibility index (Phi) is 2.87. The molecule has 0 bridgehead atoms. The molecule has 0 radical (unpaired) electrons. The Bertz CT molecular complexity index is 668. The van der Waals surface area contributed by atoms with Crippen molar-refractivity contribution in [3.8, 4) is 0 Å². The van der Waals surface area contributed by atoms with Gasteiger partial charge in [0.25, 0.3) is 0 Å².